The van der Waals surface area contributed by atoms with Gasteiger partial charge in [0.2, 0.25) is 0 Å². The van der Waals surface area contributed by atoms with Crippen molar-refractivity contribution in [2.75, 3.05) is 13.6 Å². The molecule has 0 unspecified atom stereocenters. The summed E-state index contributed by atoms with van der Waals surface area (Å²) >= 11 is 0. The second kappa shape index (κ2) is 9.89. The Morgan fingerprint density at radius 1 is 0.935 bits per heavy atom. The van der Waals surface area contributed by atoms with Crippen LogP contribution in [0.1, 0.15) is 35.4 Å². The van der Waals surface area contributed by atoms with Gasteiger partial charge in [0.1, 0.15) is 0 Å². The van der Waals surface area contributed by atoms with E-state index in [0.29, 0.717) is 18.0 Å². The fourth-order valence-corrected chi connectivity index (χ4v) is 3.50. The Morgan fingerprint density at radius 3 is 2.39 bits per heavy atom. The van der Waals surface area contributed by atoms with E-state index in [1.807, 2.05) is 48.5 Å². The lowest BCUT2D eigenvalue weighted by molar-refractivity contribution is 0.0782. The normalized spacial score (nSPS) is 10.9. The predicted molar refractivity (Wildman–Crippen MR) is 120 cm³/mol. The Hall–Kier alpha value is -3.67. The zero-order valence-electron chi connectivity index (χ0n) is 17.6. The summed E-state index contributed by atoms with van der Waals surface area (Å²) in [6, 6.07) is 23.6. The summed E-state index contributed by atoms with van der Waals surface area (Å²) in [6.45, 7) is 0.685. The van der Waals surface area contributed by atoms with E-state index in [9.17, 15) is 4.79 Å². The minimum absolute atomic E-state index is 0.119. The second-order valence-corrected chi connectivity index (χ2v) is 7.62. The maximum atomic E-state index is 12.6. The van der Waals surface area contributed by atoms with E-state index in [1.165, 1.54) is 0 Å². The molecule has 0 aliphatic rings. The molecule has 4 rings (SSSR count). The minimum atomic E-state index is -0.119. The average Bonchev–Trinajstić information content (AvgIpc) is 3.50. The van der Waals surface area contributed by atoms with Gasteiger partial charge in [0.15, 0.2) is 11.5 Å². The van der Waals surface area contributed by atoms with Crippen molar-refractivity contribution in [3.8, 4) is 22.6 Å². The number of H-pyrrole nitrogens is 1. The first-order valence-corrected chi connectivity index (χ1v) is 10.6. The van der Waals surface area contributed by atoms with Gasteiger partial charge in [0, 0.05) is 36.5 Å². The fraction of sp³-hybridized carbons (Fsp3) is 0.240. The third-order valence-electron chi connectivity index (χ3n) is 5.27. The van der Waals surface area contributed by atoms with Gasteiger partial charge in [-0.2, -0.15) is 5.10 Å². The van der Waals surface area contributed by atoms with Crippen molar-refractivity contribution in [1.29, 1.82) is 0 Å². The zero-order valence-corrected chi connectivity index (χ0v) is 17.6. The van der Waals surface area contributed by atoms with Crippen LogP contribution in [0.5, 0.6) is 0 Å². The Kier molecular flexibility index (Phi) is 6.57. The van der Waals surface area contributed by atoms with Crippen LogP contribution < -0.4 is 0 Å². The summed E-state index contributed by atoms with van der Waals surface area (Å²) in [6.07, 6.45) is 3.96. The molecule has 0 bridgehead atoms. The highest BCUT2D eigenvalue weighted by atomic mass is 16.5. The molecule has 2 aromatic heterocycles. The highest BCUT2D eigenvalue weighted by Gasteiger charge is 2.17. The van der Waals surface area contributed by atoms with Gasteiger partial charge < -0.3 is 9.42 Å². The van der Waals surface area contributed by atoms with E-state index in [0.717, 1.165) is 48.2 Å². The van der Waals surface area contributed by atoms with Crippen LogP contribution in [0.15, 0.2) is 77.3 Å². The number of carbonyl (C=O) groups excluding carboxylic acids is 1. The van der Waals surface area contributed by atoms with Crippen LogP contribution in [-0.2, 0) is 6.42 Å². The standard InChI is InChI=1S/C25H26N4O2/c1-29(25(30)23-18-24(31-28-23)20-13-7-3-8-14-20)16-10-4-9-15-21-17-22(27-26-21)19-11-5-2-6-12-19/h2-3,5-8,11-14,17-18H,4,9-10,15-16H2,1H3,(H,26,27). The molecule has 0 aliphatic heterocycles. The number of benzene rings is 2. The van der Waals surface area contributed by atoms with Crippen LogP contribution in [0.4, 0.5) is 0 Å². The molecule has 4 aromatic rings. The fourth-order valence-electron chi connectivity index (χ4n) is 3.50. The predicted octanol–water partition coefficient (Wildman–Crippen LogP) is 5.22. The third-order valence-corrected chi connectivity index (χ3v) is 5.27. The molecule has 0 saturated heterocycles. The molecule has 0 aliphatic carbocycles. The summed E-state index contributed by atoms with van der Waals surface area (Å²) in [5, 5.41) is 11.5. The minimum Gasteiger partial charge on any atom is -0.355 e. The molecule has 2 heterocycles. The van der Waals surface area contributed by atoms with Crippen molar-refractivity contribution in [1.82, 2.24) is 20.3 Å². The van der Waals surface area contributed by atoms with E-state index in [2.05, 4.69) is 33.6 Å². The summed E-state index contributed by atoms with van der Waals surface area (Å²) in [7, 11) is 1.81. The largest absolute Gasteiger partial charge is 0.355 e. The molecule has 1 N–H and O–H groups in total. The Labute approximate surface area is 181 Å². The van der Waals surface area contributed by atoms with Gasteiger partial charge in [-0.1, -0.05) is 72.2 Å². The number of aromatic amines is 1. The van der Waals surface area contributed by atoms with Crippen molar-refractivity contribution in [3.63, 3.8) is 0 Å². The molecule has 0 radical (unpaired) electrons. The van der Waals surface area contributed by atoms with Crippen molar-refractivity contribution in [2.24, 2.45) is 0 Å². The Balaban J connectivity index is 1.20. The van der Waals surface area contributed by atoms with E-state index in [-0.39, 0.29) is 5.91 Å². The molecule has 6 nitrogen and oxygen atoms in total. The monoisotopic (exact) mass is 414 g/mol. The Bertz CT molecular complexity index is 1100. The molecule has 1 amide bonds. The number of carbonyl (C=O) groups is 1. The van der Waals surface area contributed by atoms with Gasteiger partial charge in [0.25, 0.3) is 5.91 Å². The first-order chi connectivity index (χ1) is 15.2. The number of aromatic nitrogens is 3. The number of unbranched alkanes of at least 4 members (excludes halogenated alkanes) is 2. The summed E-state index contributed by atoms with van der Waals surface area (Å²) in [4.78, 5) is 14.3. The molecule has 0 atom stereocenters. The first kappa shape index (κ1) is 20.6. The van der Waals surface area contributed by atoms with Crippen LogP contribution in [0, 0.1) is 0 Å². The number of nitrogens with one attached hydrogen (secondary N) is 1. The maximum absolute atomic E-state index is 12.6. The molecule has 0 saturated carbocycles. The number of hydrogen-bond donors (Lipinski definition) is 1. The second-order valence-electron chi connectivity index (χ2n) is 7.62. The van der Waals surface area contributed by atoms with Gasteiger partial charge in [0.05, 0.1) is 5.69 Å². The smallest absolute Gasteiger partial charge is 0.275 e. The molecule has 0 spiro atoms. The Morgan fingerprint density at radius 2 is 1.65 bits per heavy atom. The summed E-state index contributed by atoms with van der Waals surface area (Å²) in [5.74, 6) is 0.485. The summed E-state index contributed by atoms with van der Waals surface area (Å²) in [5.41, 5.74) is 4.48. The van der Waals surface area contributed by atoms with Crippen molar-refractivity contribution in [2.45, 2.75) is 25.7 Å². The highest BCUT2D eigenvalue weighted by molar-refractivity contribution is 5.92. The van der Waals surface area contributed by atoms with Gasteiger partial charge in [-0.3, -0.25) is 9.89 Å². The topological polar surface area (TPSA) is 75.0 Å². The van der Waals surface area contributed by atoms with Gasteiger partial charge in [-0.15, -0.1) is 0 Å². The molecule has 2 aromatic carbocycles. The molecule has 31 heavy (non-hydrogen) atoms. The van der Waals surface area contributed by atoms with Crippen LogP contribution in [-0.4, -0.2) is 39.8 Å². The molecular weight excluding hydrogens is 388 g/mol. The van der Waals surface area contributed by atoms with Gasteiger partial charge >= 0.3 is 0 Å². The van der Waals surface area contributed by atoms with Crippen molar-refractivity contribution < 1.29 is 9.32 Å². The number of amides is 1. The van der Waals surface area contributed by atoms with E-state index >= 15 is 0 Å². The van der Waals surface area contributed by atoms with Crippen LogP contribution in [0.25, 0.3) is 22.6 Å². The third kappa shape index (κ3) is 5.28. The molecule has 6 heteroatoms. The SMILES string of the molecule is CN(CCCCCc1cc(-c2ccccc2)n[nH]1)C(=O)c1cc(-c2ccccc2)on1. The lowest BCUT2D eigenvalue weighted by atomic mass is 10.1. The average molecular weight is 415 g/mol. The quantitative estimate of drug-likeness (QED) is 0.381. The van der Waals surface area contributed by atoms with Crippen molar-refractivity contribution >= 4 is 5.91 Å². The zero-order chi connectivity index (χ0) is 21.5. The molecular formula is C25H26N4O2. The van der Waals surface area contributed by atoms with Crippen LogP contribution in [0.2, 0.25) is 0 Å². The maximum Gasteiger partial charge on any atom is 0.275 e. The van der Waals surface area contributed by atoms with E-state index < -0.39 is 0 Å². The lowest BCUT2D eigenvalue weighted by Gasteiger charge is -2.15. The first-order valence-electron chi connectivity index (χ1n) is 10.6. The van der Waals surface area contributed by atoms with Crippen LogP contribution >= 0.6 is 0 Å². The van der Waals surface area contributed by atoms with Gasteiger partial charge in [-0.05, 0) is 25.3 Å². The van der Waals surface area contributed by atoms with Crippen molar-refractivity contribution in [3.05, 3.63) is 84.2 Å². The van der Waals surface area contributed by atoms with Crippen LogP contribution in [0.3, 0.4) is 0 Å². The number of nitrogens with zero attached hydrogens (tertiary/aromatic N) is 3. The summed E-state index contributed by atoms with van der Waals surface area (Å²) < 4.78 is 5.34. The van der Waals surface area contributed by atoms with E-state index in [4.69, 9.17) is 4.52 Å². The highest BCUT2D eigenvalue weighted by Crippen LogP contribution is 2.21. The molecule has 158 valence electrons. The number of aryl methyl sites for hydroxylation is 1. The molecule has 0 fully saturated rings. The number of hydrogen-bond acceptors (Lipinski definition) is 4. The number of rotatable bonds is 9. The lowest BCUT2D eigenvalue weighted by Crippen LogP contribution is -2.28. The van der Waals surface area contributed by atoms with E-state index in [1.54, 1.807) is 18.0 Å². The van der Waals surface area contributed by atoms with Gasteiger partial charge in [-0.25, -0.2) is 0 Å².